The average Bonchev–Trinajstić information content (AvgIpc) is 2.41. The first-order valence-corrected chi connectivity index (χ1v) is 8.17. The minimum Gasteiger partial charge on any atom is -0.495 e. The van der Waals surface area contributed by atoms with Crippen LogP contribution in [0, 0.1) is 5.92 Å². The van der Waals surface area contributed by atoms with Crippen molar-refractivity contribution in [2.75, 3.05) is 19.0 Å². The van der Waals surface area contributed by atoms with Crippen LogP contribution in [0.15, 0.2) is 21.1 Å². The molecule has 4 nitrogen and oxygen atoms in total. The zero-order valence-electron chi connectivity index (χ0n) is 11.5. The fourth-order valence-electron chi connectivity index (χ4n) is 2.31. The second-order valence-electron chi connectivity index (χ2n) is 5.09. The molecule has 1 aliphatic rings. The number of ether oxygens (including phenoxy) is 1. The van der Waals surface area contributed by atoms with Gasteiger partial charge in [-0.05, 0) is 63.2 Å². The molecule has 1 fully saturated rings. The van der Waals surface area contributed by atoms with E-state index in [-0.39, 0.29) is 11.9 Å². The molecule has 6 heteroatoms. The van der Waals surface area contributed by atoms with Crippen molar-refractivity contribution in [1.29, 1.82) is 0 Å². The SMILES string of the molecule is COc1cc(NC(=O)C2CC(C)CCN2)c(Br)cc1Br. The van der Waals surface area contributed by atoms with Crippen molar-refractivity contribution < 1.29 is 9.53 Å². The number of rotatable bonds is 3. The van der Waals surface area contributed by atoms with Crippen molar-refractivity contribution in [1.82, 2.24) is 5.32 Å². The van der Waals surface area contributed by atoms with Crippen molar-refractivity contribution in [2.24, 2.45) is 5.92 Å². The average molecular weight is 406 g/mol. The molecular weight excluding hydrogens is 388 g/mol. The summed E-state index contributed by atoms with van der Waals surface area (Å²) in [6, 6.07) is 3.55. The summed E-state index contributed by atoms with van der Waals surface area (Å²) in [7, 11) is 1.60. The van der Waals surface area contributed by atoms with Gasteiger partial charge in [0.25, 0.3) is 0 Å². The number of piperidine rings is 1. The van der Waals surface area contributed by atoms with Crippen LogP contribution in [0.4, 0.5) is 5.69 Å². The monoisotopic (exact) mass is 404 g/mol. The first kappa shape index (κ1) is 15.8. The van der Waals surface area contributed by atoms with Crippen molar-refractivity contribution in [3.8, 4) is 5.75 Å². The smallest absolute Gasteiger partial charge is 0.241 e. The summed E-state index contributed by atoms with van der Waals surface area (Å²) in [6.45, 7) is 3.07. The summed E-state index contributed by atoms with van der Waals surface area (Å²) in [5, 5.41) is 6.21. The summed E-state index contributed by atoms with van der Waals surface area (Å²) in [5.41, 5.74) is 0.718. The highest BCUT2D eigenvalue weighted by molar-refractivity contribution is 9.11. The number of carbonyl (C=O) groups excluding carboxylic acids is 1. The first-order chi connectivity index (χ1) is 9.51. The van der Waals surface area contributed by atoms with Crippen LogP contribution in [0.5, 0.6) is 5.75 Å². The molecule has 0 spiro atoms. The van der Waals surface area contributed by atoms with E-state index in [9.17, 15) is 4.79 Å². The number of carbonyl (C=O) groups is 1. The molecule has 0 aromatic heterocycles. The molecule has 1 aliphatic heterocycles. The maximum Gasteiger partial charge on any atom is 0.241 e. The van der Waals surface area contributed by atoms with Gasteiger partial charge in [0, 0.05) is 10.5 Å². The van der Waals surface area contributed by atoms with E-state index in [1.165, 1.54) is 0 Å². The number of amides is 1. The Labute approximate surface area is 135 Å². The number of halogens is 2. The minimum atomic E-state index is -0.125. The fourth-order valence-corrected chi connectivity index (χ4v) is 3.56. The number of benzene rings is 1. The van der Waals surface area contributed by atoms with Crippen LogP contribution in [0.25, 0.3) is 0 Å². The molecule has 1 heterocycles. The summed E-state index contributed by atoms with van der Waals surface area (Å²) in [6.07, 6.45) is 2.00. The zero-order chi connectivity index (χ0) is 14.7. The van der Waals surface area contributed by atoms with Crippen molar-refractivity contribution in [3.05, 3.63) is 21.1 Å². The molecule has 1 aromatic carbocycles. The Morgan fingerprint density at radius 2 is 2.15 bits per heavy atom. The lowest BCUT2D eigenvalue weighted by atomic mass is 9.94. The first-order valence-electron chi connectivity index (χ1n) is 6.58. The molecule has 1 saturated heterocycles. The molecule has 1 amide bonds. The van der Waals surface area contributed by atoms with Gasteiger partial charge in [-0.3, -0.25) is 4.79 Å². The Bertz CT molecular complexity index is 508. The number of hydrogen-bond acceptors (Lipinski definition) is 3. The fraction of sp³-hybridized carbons (Fsp3) is 0.500. The van der Waals surface area contributed by atoms with Gasteiger partial charge in [0.05, 0.1) is 23.3 Å². The predicted octanol–water partition coefficient (Wildman–Crippen LogP) is 3.55. The molecule has 0 bridgehead atoms. The van der Waals surface area contributed by atoms with E-state index < -0.39 is 0 Å². The molecule has 110 valence electrons. The van der Waals surface area contributed by atoms with Crippen LogP contribution in [0.2, 0.25) is 0 Å². The Kier molecular flexibility index (Phi) is 5.46. The molecule has 2 unspecified atom stereocenters. The minimum absolute atomic E-state index is 0.00151. The highest BCUT2D eigenvalue weighted by Crippen LogP contribution is 2.34. The zero-order valence-corrected chi connectivity index (χ0v) is 14.7. The predicted molar refractivity (Wildman–Crippen MR) is 87.2 cm³/mol. The van der Waals surface area contributed by atoms with Gasteiger partial charge in [-0.25, -0.2) is 0 Å². The third kappa shape index (κ3) is 3.74. The lowest BCUT2D eigenvalue weighted by Crippen LogP contribution is -2.45. The normalized spacial score (nSPS) is 22.4. The molecule has 2 rings (SSSR count). The van der Waals surface area contributed by atoms with Crippen LogP contribution in [-0.2, 0) is 4.79 Å². The van der Waals surface area contributed by atoms with Gasteiger partial charge < -0.3 is 15.4 Å². The van der Waals surface area contributed by atoms with E-state index in [1.807, 2.05) is 6.07 Å². The summed E-state index contributed by atoms with van der Waals surface area (Å²) in [5.74, 6) is 1.27. The van der Waals surface area contributed by atoms with Gasteiger partial charge in [-0.1, -0.05) is 6.92 Å². The maximum atomic E-state index is 12.3. The lowest BCUT2D eigenvalue weighted by Gasteiger charge is -2.27. The third-order valence-corrected chi connectivity index (χ3v) is 4.76. The molecule has 2 atom stereocenters. The molecule has 0 radical (unpaired) electrons. The second kappa shape index (κ2) is 6.91. The number of hydrogen-bond donors (Lipinski definition) is 2. The number of nitrogens with one attached hydrogen (secondary N) is 2. The number of methoxy groups -OCH3 is 1. The molecule has 20 heavy (non-hydrogen) atoms. The van der Waals surface area contributed by atoms with Gasteiger partial charge >= 0.3 is 0 Å². The standard InChI is InChI=1S/C14H18Br2N2O2/c1-8-3-4-17-12(5-8)14(19)18-11-7-13(20-2)10(16)6-9(11)15/h6-8,12,17H,3-5H2,1-2H3,(H,18,19). The highest BCUT2D eigenvalue weighted by atomic mass is 79.9. The van der Waals surface area contributed by atoms with Crippen LogP contribution >= 0.6 is 31.9 Å². The second-order valence-corrected chi connectivity index (χ2v) is 6.80. The molecular formula is C14H18Br2N2O2. The van der Waals surface area contributed by atoms with E-state index in [4.69, 9.17) is 4.74 Å². The van der Waals surface area contributed by atoms with Crippen molar-refractivity contribution >= 4 is 43.5 Å². The quantitative estimate of drug-likeness (QED) is 0.808. The van der Waals surface area contributed by atoms with Gasteiger partial charge in [0.15, 0.2) is 0 Å². The molecule has 1 aromatic rings. The highest BCUT2D eigenvalue weighted by Gasteiger charge is 2.25. The Hall–Kier alpha value is -0.590. The van der Waals surface area contributed by atoms with Gasteiger partial charge in [0.1, 0.15) is 5.75 Å². The summed E-state index contributed by atoms with van der Waals surface area (Å²) >= 11 is 6.87. The molecule has 2 N–H and O–H groups in total. The Balaban J connectivity index is 2.11. The van der Waals surface area contributed by atoms with E-state index >= 15 is 0 Å². The van der Waals surface area contributed by atoms with Crippen LogP contribution < -0.4 is 15.4 Å². The Morgan fingerprint density at radius 1 is 1.40 bits per heavy atom. The van der Waals surface area contributed by atoms with E-state index in [1.54, 1.807) is 13.2 Å². The largest absolute Gasteiger partial charge is 0.495 e. The van der Waals surface area contributed by atoms with E-state index in [2.05, 4.69) is 49.4 Å². The van der Waals surface area contributed by atoms with Crippen molar-refractivity contribution in [2.45, 2.75) is 25.8 Å². The maximum absolute atomic E-state index is 12.3. The van der Waals surface area contributed by atoms with Crippen LogP contribution in [0.1, 0.15) is 19.8 Å². The third-order valence-electron chi connectivity index (χ3n) is 3.48. The summed E-state index contributed by atoms with van der Waals surface area (Å²) in [4.78, 5) is 12.3. The summed E-state index contributed by atoms with van der Waals surface area (Å²) < 4.78 is 6.91. The van der Waals surface area contributed by atoms with Crippen LogP contribution in [0.3, 0.4) is 0 Å². The van der Waals surface area contributed by atoms with Gasteiger partial charge in [0.2, 0.25) is 5.91 Å². The lowest BCUT2D eigenvalue weighted by molar-refractivity contribution is -0.119. The van der Waals surface area contributed by atoms with Gasteiger partial charge in [-0.15, -0.1) is 0 Å². The van der Waals surface area contributed by atoms with Gasteiger partial charge in [-0.2, -0.15) is 0 Å². The number of anilines is 1. The van der Waals surface area contributed by atoms with Crippen molar-refractivity contribution in [3.63, 3.8) is 0 Å². The molecule has 0 aliphatic carbocycles. The van der Waals surface area contributed by atoms with Crippen LogP contribution in [-0.4, -0.2) is 25.6 Å². The Morgan fingerprint density at radius 3 is 2.80 bits per heavy atom. The van der Waals surface area contributed by atoms with E-state index in [0.717, 1.165) is 34.0 Å². The van der Waals surface area contributed by atoms with E-state index in [0.29, 0.717) is 11.7 Å². The topological polar surface area (TPSA) is 50.4 Å². The molecule has 0 saturated carbocycles.